The third kappa shape index (κ3) is 4.21. The predicted molar refractivity (Wildman–Crippen MR) is 101 cm³/mol. The highest BCUT2D eigenvalue weighted by Crippen LogP contribution is 2.25. The van der Waals surface area contributed by atoms with Crippen molar-refractivity contribution >= 4 is 5.96 Å². The fraction of sp³-hybridized carbons (Fsp3) is 0.647. The minimum absolute atomic E-state index is 0.243. The van der Waals surface area contributed by atoms with E-state index in [4.69, 9.17) is 0 Å². The summed E-state index contributed by atoms with van der Waals surface area (Å²) in [5, 5.41) is 14.8. The lowest BCUT2D eigenvalue weighted by Gasteiger charge is -2.34. The number of aromatic nitrogens is 5. The first kappa shape index (κ1) is 18.4. The Morgan fingerprint density at radius 2 is 2.19 bits per heavy atom. The lowest BCUT2D eigenvalue weighted by atomic mass is 9.96. The second kappa shape index (κ2) is 8.31. The molecule has 0 saturated carbocycles. The maximum Gasteiger partial charge on any atom is 0.193 e. The van der Waals surface area contributed by atoms with Gasteiger partial charge in [0.1, 0.15) is 12.2 Å². The number of guanidine groups is 1. The summed E-state index contributed by atoms with van der Waals surface area (Å²) in [6.45, 7) is 2.71. The van der Waals surface area contributed by atoms with E-state index in [1.165, 1.54) is 5.56 Å². The van der Waals surface area contributed by atoms with Crippen molar-refractivity contribution in [2.24, 2.45) is 12.0 Å². The summed E-state index contributed by atoms with van der Waals surface area (Å²) in [6, 6.07) is 0.243. The molecule has 1 aliphatic heterocycles. The Hall–Kier alpha value is -2.42. The van der Waals surface area contributed by atoms with Crippen molar-refractivity contribution in [1.29, 1.82) is 0 Å². The van der Waals surface area contributed by atoms with Gasteiger partial charge in [-0.15, -0.1) is 0 Å². The minimum atomic E-state index is 0.243. The van der Waals surface area contributed by atoms with Gasteiger partial charge in [-0.05, 0) is 26.9 Å². The molecule has 2 aromatic heterocycles. The number of aliphatic imine (C=N–C) groups is 1. The van der Waals surface area contributed by atoms with Gasteiger partial charge < -0.3 is 15.1 Å². The number of aromatic amines is 1. The molecule has 0 aliphatic carbocycles. The molecule has 3 rings (SSSR count). The highest BCUT2D eigenvalue weighted by molar-refractivity contribution is 5.80. The fourth-order valence-electron chi connectivity index (χ4n) is 3.51. The van der Waals surface area contributed by atoms with Crippen molar-refractivity contribution in [3.8, 4) is 0 Å². The molecule has 142 valence electrons. The van der Waals surface area contributed by atoms with Crippen LogP contribution in [0.2, 0.25) is 0 Å². The molecule has 3 heterocycles. The van der Waals surface area contributed by atoms with Crippen LogP contribution in [-0.2, 0) is 7.05 Å². The molecule has 2 N–H and O–H groups in total. The lowest BCUT2D eigenvalue weighted by Crippen LogP contribution is -2.47. The van der Waals surface area contributed by atoms with Crippen LogP contribution in [0.1, 0.15) is 36.2 Å². The number of H-pyrrole nitrogens is 1. The molecule has 0 aromatic carbocycles. The van der Waals surface area contributed by atoms with E-state index in [-0.39, 0.29) is 6.04 Å². The number of aryl methyl sites for hydroxylation is 1. The molecule has 0 amide bonds. The Morgan fingerprint density at radius 1 is 1.42 bits per heavy atom. The van der Waals surface area contributed by atoms with E-state index in [0.29, 0.717) is 5.92 Å². The Morgan fingerprint density at radius 3 is 2.73 bits per heavy atom. The maximum absolute atomic E-state index is 4.49. The molecule has 1 atom stereocenters. The quantitative estimate of drug-likeness (QED) is 0.600. The van der Waals surface area contributed by atoms with Crippen LogP contribution >= 0.6 is 0 Å². The summed E-state index contributed by atoms with van der Waals surface area (Å²) in [5.41, 5.74) is 1.20. The van der Waals surface area contributed by atoms with E-state index < -0.39 is 0 Å². The summed E-state index contributed by atoms with van der Waals surface area (Å²) in [7, 11) is 7.97. The van der Waals surface area contributed by atoms with Gasteiger partial charge in [-0.1, -0.05) is 0 Å². The van der Waals surface area contributed by atoms with E-state index in [1.807, 2.05) is 25.0 Å². The molecule has 0 bridgehead atoms. The van der Waals surface area contributed by atoms with Gasteiger partial charge in [-0.2, -0.15) is 10.2 Å². The second-order valence-corrected chi connectivity index (χ2v) is 6.99. The van der Waals surface area contributed by atoms with Crippen LogP contribution in [0.15, 0.2) is 23.7 Å². The minimum Gasteiger partial charge on any atom is -0.354 e. The fourth-order valence-corrected chi connectivity index (χ4v) is 3.51. The topological polar surface area (TPSA) is 90.3 Å². The van der Waals surface area contributed by atoms with Crippen molar-refractivity contribution in [3.05, 3.63) is 30.1 Å². The zero-order chi connectivity index (χ0) is 18.5. The van der Waals surface area contributed by atoms with E-state index in [2.05, 4.69) is 60.7 Å². The molecular formula is C17H29N9. The lowest BCUT2D eigenvalue weighted by molar-refractivity contribution is 0.279. The molecule has 1 aliphatic rings. The summed E-state index contributed by atoms with van der Waals surface area (Å²) in [5.74, 6) is 2.41. The number of piperidine rings is 1. The predicted octanol–water partition coefficient (Wildman–Crippen LogP) is 0.596. The Kier molecular flexibility index (Phi) is 5.87. The van der Waals surface area contributed by atoms with Crippen molar-refractivity contribution in [2.75, 3.05) is 40.8 Å². The normalized spacial score (nSPS) is 17.7. The van der Waals surface area contributed by atoms with Gasteiger partial charge in [-0.3, -0.25) is 14.8 Å². The molecular weight excluding hydrogens is 330 g/mol. The number of rotatable bonds is 5. The first-order chi connectivity index (χ1) is 12.6. The molecule has 1 saturated heterocycles. The number of nitrogens with zero attached hydrogens (tertiary/aromatic N) is 7. The van der Waals surface area contributed by atoms with Crippen LogP contribution < -0.4 is 5.32 Å². The third-order valence-corrected chi connectivity index (χ3v) is 5.01. The molecule has 9 nitrogen and oxygen atoms in total. The van der Waals surface area contributed by atoms with Crippen molar-refractivity contribution in [3.63, 3.8) is 0 Å². The Bertz CT molecular complexity index is 696. The largest absolute Gasteiger partial charge is 0.354 e. The maximum atomic E-state index is 4.49. The molecule has 1 fully saturated rings. The monoisotopic (exact) mass is 359 g/mol. The highest BCUT2D eigenvalue weighted by atomic mass is 15.3. The summed E-state index contributed by atoms with van der Waals surface area (Å²) in [4.78, 5) is 13.3. The first-order valence-electron chi connectivity index (χ1n) is 9.04. The van der Waals surface area contributed by atoms with Crippen molar-refractivity contribution < 1.29 is 0 Å². The number of likely N-dealkylation sites (tertiary alicyclic amines) is 1. The van der Waals surface area contributed by atoms with E-state index >= 15 is 0 Å². The second-order valence-electron chi connectivity index (χ2n) is 6.99. The van der Waals surface area contributed by atoms with Crippen LogP contribution in [0.5, 0.6) is 0 Å². The van der Waals surface area contributed by atoms with Crippen molar-refractivity contribution in [1.82, 2.24) is 40.1 Å². The van der Waals surface area contributed by atoms with Gasteiger partial charge >= 0.3 is 0 Å². The summed E-state index contributed by atoms with van der Waals surface area (Å²) < 4.78 is 1.84. The molecule has 2 aromatic rings. The van der Waals surface area contributed by atoms with Gasteiger partial charge in [0.15, 0.2) is 5.96 Å². The van der Waals surface area contributed by atoms with Crippen LogP contribution in [0.4, 0.5) is 0 Å². The van der Waals surface area contributed by atoms with Gasteiger partial charge in [-0.25, -0.2) is 4.98 Å². The third-order valence-electron chi connectivity index (χ3n) is 5.01. The van der Waals surface area contributed by atoms with Gasteiger partial charge in [0.05, 0.1) is 12.2 Å². The number of hydrogen-bond acceptors (Lipinski definition) is 5. The van der Waals surface area contributed by atoms with Gasteiger partial charge in [0, 0.05) is 51.4 Å². The molecule has 0 radical (unpaired) electrons. The highest BCUT2D eigenvalue weighted by Gasteiger charge is 2.25. The van der Waals surface area contributed by atoms with Crippen molar-refractivity contribution in [2.45, 2.75) is 24.8 Å². The standard InChI is InChI=1S/C17H29N9/c1-18-17(19-10-15(24(2)3)14-9-22-25(4)11-14)26-7-5-13(6-8-26)16-20-12-21-23-16/h9,11-13,15H,5-8,10H2,1-4H3,(H,18,19)(H,20,21,23). The van der Waals surface area contributed by atoms with Gasteiger partial charge in [0.2, 0.25) is 0 Å². The molecule has 0 spiro atoms. The van der Waals surface area contributed by atoms with Crippen LogP contribution in [0.3, 0.4) is 0 Å². The van der Waals surface area contributed by atoms with E-state index in [0.717, 1.165) is 44.3 Å². The SMILES string of the molecule is CN=C(NCC(c1cnn(C)c1)N(C)C)N1CCC(c2ncn[nH]2)CC1. The first-order valence-corrected chi connectivity index (χ1v) is 9.04. The van der Waals surface area contributed by atoms with E-state index in [9.17, 15) is 0 Å². The van der Waals surface area contributed by atoms with Gasteiger partial charge in [0.25, 0.3) is 0 Å². The average molecular weight is 359 g/mol. The van der Waals surface area contributed by atoms with E-state index in [1.54, 1.807) is 6.33 Å². The number of nitrogens with one attached hydrogen (secondary N) is 2. The molecule has 9 heteroatoms. The average Bonchev–Trinajstić information content (AvgIpc) is 3.31. The zero-order valence-electron chi connectivity index (χ0n) is 16.1. The van der Waals surface area contributed by atoms with Crippen LogP contribution in [-0.4, -0.2) is 81.5 Å². The Balaban J connectivity index is 1.56. The summed E-state index contributed by atoms with van der Waals surface area (Å²) >= 11 is 0. The Labute approximate surface area is 154 Å². The van der Waals surface area contributed by atoms with Crippen LogP contribution in [0.25, 0.3) is 0 Å². The number of likely N-dealkylation sites (N-methyl/N-ethyl adjacent to an activating group) is 1. The summed E-state index contributed by atoms with van der Waals surface area (Å²) in [6.07, 6.45) is 7.68. The number of hydrogen-bond donors (Lipinski definition) is 2. The molecule has 1 unspecified atom stereocenters. The zero-order valence-corrected chi connectivity index (χ0v) is 16.1. The smallest absolute Gasteiger partial charge is 0.193 e. The van der Waals surface area contributed by atoms with Crippen LogP contribution in [0, 0.1) is 0 Å². The molecule has 26 heavy (non-hydrogen) atoms.